The van der Waals surface area contributed by atoms with Crippen molar-refractivity contribution in [3.05, 3.63) is 18.6 Å². The molecule has 1 fully saturated rings. The summed E-state index contributed by atoms with van der Waals surface area (Å²) in [5.74, 6) is -0.198. The fraction of sp³-hybridized carbons (Fsp3) is 0.571. The van der Waals surface area contributed by atoms with Gasteiger partial charge in [0, 0.05) is 32.2 Å². The van der Waals surface area contributed by atoms with Crippen LogP contribution in [0.2, 0.25) is 0 Å². The maximum atomic E-state index is 12.4. The van der Waals surface area contributed by atoms with E-state index in [4.69, 9.17) is 9.47 Å². The number of rotatable bonds is 4. The summed E-state index contributed by atoms with van der Waals surface area (Å²) in [6, 6.07) is 1.67. The molecule has 2 rings (SSSR count). The molecule has 0 bridgehead atoms. The molecule has 0 spiro atoms. The van der Waals surface area contributed by atoms with Gasteiger partial charge in [-0.15, -0.1) is 0 Å². The average molecular weight is 293 g/mol. The molecule has 0 N–H and O–H groups in total. The number of carbonyl (C=O) groups is 2. The first-order valence-electron chi connectivity index (χ1n) is 6.80. The summed E-state index contributed by atoms with van der Waals surface area (Å²) < 4.78 is 10.8. The number of amides is 1. The summed E-state index contributed by atoms with van der Waals surface area (Å²) in [5.41, 5.74) is -1.16. The predicted octanol–water partition coefficient (Wildman–Crippen LogP) is 0.798. The first-order valence-corrected chi connectivity index (χ1v) is 6.80. The summed E-state index contributed by atoms with van der Waals surface area (Å²) in [6.07, 6.45) is 3.62. The SMILES string of the molecule is CC(=O)OC(C)(C)C(=O)N1CCC(Oc2ccncn2)C1. The third-order valence-electron chi connectivity index (χ3n) is 3.19. The van der Waals surface area contributed by atoms with E-state index in [1.807, 2.05) is 0 Å². The van der Waals surface area contributed by atoms with Crippen molar-refractivity contribution in [2.24, 2.45) is 0 Å². The third-order valence-corrected chi connectivity index (χ3v) is 3.19. The van der Waals surface area contributed by atoms with Gasteiger partial charge in [-0.3, -0.25) is 9.59 Å². The van der Waals surface area contributed by atoms with Crippen LogP contribution in [0.25, 0.3) is 0 Å². The molecule has 1 aliphatic heterocycles. The largest absolute Gasteiger partial charge is 0.472 e. The van der Waals surface area contributed by atoms with Crippen molar-refractivity contribution in [1.29, 1.82) is 0 Å². The Morgan fingerprint density at radius 1 is 1.43 bits per heavy atom. The highest BCUT2D eigenvalue weighted by molar-refractivity contribution is 5.87. The summed E-state index contributed by atoms with van der Waals surface area (Å²) in [6.45, 7) is 5.50. The number of hydrogen-bond acceptors (Lipinski definition) is 6. The molecule has 0 saturated carbocycles. The topological polar surface area (TPSA) is 81.6 Å². The van der Waals surface area contributed by atoms with Crippen LogP contribution in [-0.4, -0.2) is 51.5 Å². The van der Waals surface area contributed by atoms with Crippen LogP contribution in [-0.2, 0) is 14.3 Å². The quantitative estimate of drug-likeness (QED) is 0.764. The van der Waals surface area contributed by atoms with Gasteiger partial charge in [0.1, 0.15) is 12.4 Å². The van der Waals surface area contributed by atoms with E-state index in [-0.39, 0.29) is 12.0 Å². The second-order valence-corrected chi connectivity index (χ2v) is 5.43. The minimum absolute atomic E-state index is 0.114. The molecule has 114 valence electrons. The highest BCUT2D eigenvalue weighted by Gasteiger charge is 2.38. The number of esters is 1. The van der Waals surface area contributed by atoms with Crippen LogP contribution in [0.15, 0.2) is 18.6 Å². The molecule has 1 unspecified atom stereocenters. The molecule has 0 radical (unpaired) electrons. The Kier molecular flexibility index (Phi) is 4.40. The lowest BCUT2D eigenvalue weighted by atomic mass is 10.1. The fourth-order valence-corrected chi connectivity index (χ4v) is 2.31. The molecule has 1 amide bonds. The lowest BCUT2D eigenvalue weighted by molar-refractivity contribution is -0.168. The smallest absolute Gasteiger partial charge is 0.303 e. The van der Waals surface area contributed by atoms with E-state index in [0.29, 0.717) is 25.4 Å². The molecule has 1 saturated heterocycles. The Bertz CT molecular complexity index is 518. The minimum Gasteiger partial charge on any atom is -0.472 e. The summed E-state index contributed by atoms with van der Waals surface area (Å²) in [5, 5.41) is 0. The lowest BCUT2D eigenvalue weighted by Gasteiger charge is -2.28. The van der Waals surface area contributed by atoms with Gasteiger partial charge in [0.15, 0.2) is 5.60 Å². The zero-order valence-corrected chi connectivity index (χ0v) is 12.4. The van der Waals surface area contributed by atoms with Gasteiger partial charge in [0.2, 0.25) is 5.88 Å². The molecule has 1 aromatic rings. The summed E-state index contributed by atoms with van der Waals surface area (Å²) in [4.78, 5) is 32.9. The van der Waals surface area contributed by atoms with Gasteiger partial charge >= 0.3 is 5.97 Å². The van der Waals surface area contributed by atoms with E-state index in [1.165, 1.54) is 13.3 Å². The average Bonchev–Trinajstić information content (AvgIpc) is 2.86. The lowest BCUT2D eigenvalue weighted by Crippen LogP contribution is -2.47. The number of ether oxygens (including phenoxy) is 2. The van der Waals surface area contributed by atoms with Crippen LogP contribution in [0.4, 0.5) is 0 Å². The number of hydrogen-bond donors (Lipinski definition) is 0. The van der Waals surface area contributed by atoms with Crippen LogP contribution < -0.4 is 4.74 Å². The Morgan fingerprint density at radius 2 is 2.19 bits per heavy atom. The standard InChI is InChI=1S/C14H19N3O4/c1-10(18)21-14(2,3)13(19)17-7-5-11(8-17)20-12-4-6-15-9-16-12/h4,6,9,11H,5,7-8H2,1-3H3. The number of nitrogens with zero attached hydrogens (tertiary/aromatic N) is 3. The molecular formula is C14H19N3O4. The van der Waals surface area contributed by atoms with Crippen molar-refractivity contribution in [2.45, 2.75) is 38.9 Å². The van der Waals surface area contributed by atoms with Crippen molar-refractivity contribution in [3.8, 4) is 5.88 Å². The van der Waals surface area contributed by atoms with Crippen LogP contribution in [0.1, 0.15) is 27.2 Å². The van der Waals surface area contributed by atoms with E-state index in [2.05, 4.69) is 9.97 Å². The Morgan fingerprint density at radius 3 is 2.81 bits per heavy atom. The molecule has 1 aliphatic rings. The van der Waals surface area contributed by atoms with Crippen molar-refractivity contribution < 1.29 is 19.1 Å². The van der Waals surface area contributed by atoms with Gasteiger partial charge < -0.3 is 14.4 Å². The monoisotopic (exact) mass is 293 g/mol. The van der Waals surface area contributed by atoms with Gasteiger partial charge in [0.05, 0.1) is 6.54 Å². The molecular weight excluding hydrogens is 274 g/mol. The minimum atomic E-state index is -1.16. The van der Waals surface area contributed by atoms with E-state index in [1.54, 1.807) is 31.0 Å². The molecule has 0 aromatic carbocycles. The third kappa shape index (κ3) is 3.90. The first-order chi connectivity index (χ1) is 9.88. The van der Waals surface area contributed by atoms with Crippen LogP contribution in [0.3, 0.4) is 0 Å². The van der Waals surface area contributed by atoms with Crippen LogP contribution in [0, 0.1) is 0 Å². The molecule has 1 atom stereocenters. The molecule has 7 heteroatoms. The Labute approximate surface area is 123 Å². The van der Waals surface area contributed by atoms with E-state index < -0.39 is 11.6 Å². The predicted molar refractivity (Wildman–Crippen MR) is 73.5 cm³/mol. The van der Waals surface area contributed by atoms with Crippen molar-refractivity contribution in [2.75, 3.05) is 13.1 Å². The maximum absolute atomic E-state index is 12.4. The summed E-state index contributed by atoms with van der Waals surface area (Å²) >= 11 is 0. The van der Waals surface area contributed by atoms with Gasteiger partial charge in [-0.05, 0) is 13.8 Å². The Hall–Kier alpha value is -2.18. The number of carbonyl (C=O) groups excluding carboxylic acids is 2. The zero-order chi connectivity index (χ0) is 15.5. The van der Waals surface area contributed by atoms with Gasteiger partial charge in [-0.25, -0.2) is 9.97 Å². The fourth-order valence-electron chi connectivity index (χ4n) is 2.31. The molecule has 21 heavy (non-hydrogen) atoms. The molecule has 2 heterocycles. The molecule has 7 nitrogen and oxygen atoms in total. The van der Waals surface area contributed by atoms with Gasteiger partial charge in [0.25, 0.3) is 5.91 Å². The van der Waals surface area contributed by atoms with Crippen molar-refractivity contribution >= 4 is 11.9 Å². The number of likely N-dealkylation sites (tertiary alicyclic amines) is 1. The maximum Gasteiger partial charge on any atom is 0.303 e. The second kappa shape index (κ2) is 6.07. The van der Waals surface area contributed by atoms with Crippen molar-refractivity contribution in [3.63, 3.8) is 0 Å². The van der Waals surface area contributed by atoms with Crippen LogP contribution in [0.5, 0.6) is 5.88 Å². The van der Waals surface area contributed by atoms with E-state index in [0.717, 1.165) is 0 Å². The highest BCUT2D eigenvalue weighted by atomic mass is 16.6. The normalized spacial score (nSPS) is 18.4. The second-order valence-electron chi connectivity index (χ2n) is 5.43. The molecule has 0 aliphatic carbocycles. The zero-order valence-electron chi connectivity index (χ0n) is 12.4. The number of aromatic nitrogens is 2. The van der Waals surface area contributed by atoms with Gasteiger partial charge in [-0.2, -0.15) is 0 Å². The molecule has 1 aromatic heterocycles. The van der Waals surface area contributed by atoms with Gasteiger partial charge in [-0.1, -0.05) is 0 Å². The summed E-state index contributed by atoms with van der Waals surface area (Å²) in [7, 11) is 0. The van der Waals surface area contributed by atoms with E-state index in [9.17, 15) is 9.59 Å². The first kappa shape index (κ1) is 15.2. The van der Waals surface area contributed by atoms with E-state index >= 15 is 0 Å². The van der Waals surface area contributed by atoms with Crippen LogP contribution >= 0.6 is 0 Å². The van der Waals surface area contributed by atoms with Crippen molar-refractivity contribution in [1.82, 2.24) is 14.9 Å². The highest BCUT2D eigenvalue weighted by Crippen LogP contribution is 2.21. The Balaban J connectivity index is 1.93.